The molecule has 0 aromatic heterocycles. The summed E-state index contributed by atoms with van der Waals surface area (Å²) in [6, 6.07) is 11.2. The molecule has 0 aliphatic heterocycles. The molecule has 0 saturated heterocycles. The Morgan fingerprint density at radius 2 is 1.13 bits per heavy atom. The van der Waals surface area contributed by atoms with Crippen LogP contribution in [0.3, 0.4) is 0 Å². The van der Waals surface area contributed by atoms with E-state index >= 15 is 0 Å². The van der Waals surface area contributed by atoms with E-state index in [2.05, 4.69) is 69.6 Å². The highest BCUT2D eigenvalue weighted by Crippen LogP contribution is 2.53. The van der Waals surface area contributed by atoms with Gasteiger partial charge in [0.15, 0.2) is 0 Å². The van der Waals surface area contributed by atoms with Crippen molar-refractivity contribution in [3.63, 3.8) is 0 Å². The first-order valence-electron chi connectivity index (χ1n) is 5.58. The molecule has 0 atom stereocenters. The van der Waals surface area contributed by atoms with Gasteiger partial charge in [0, 0.05) is 0 Å². The Morgan fingerprint density at radius 3 is 1.47 bits per heavy atom. The maximum Gasteiger partial charge on any atom is 0.0730 e. The minimum atomic E-state index is -1.04. The fourth-order valence-corrected chi connectivity index (χ4v) is 36.1. The Kier molecular flexibility index (Phi) is 3.97. The zero-order chi connectivity index (χ0) is 11.7. The van der Waals surface area contributed by atoms with E-state index in [1.165, 1.54) is 0 Å². The van der Waals surface area contributed by atoms with Crippen LogP contribution in [0.25, 0.3) is 0 Å². The predicted octanol–water partition coefficient (Wildman–Crippen LogP) is 4.46. The van der Waals surface area contributed by atoms with Gasteiger partial charge in [-0.2, -0.15) is 0 Å². The molecular formula is C12H23PSi2. The molecule has 0 aliphatic rings. The summed E-state index contributed by atoms with van der Waals surface area (Å²) in [6.07, 6.45) is 0. The molecule has 0 aliphatic carbocycles. The van der Waals surface area contributed by atoms with E-state index in [-0.39, 0.29) is 7.02 Å². The molecule has 0 bridgehead atoms. The molecule has 0 spiro atoms. The molecule has 1 rings (SSSR count). The lowest BCUT2D eigenvalue weighted by atomic mass is 10.4. The lowest BCUT2D eigenvalue weighted by Crippen LogP contribution is -2.37. The van der Waals surface area contributed by atoms with Crippen LogP contribution in [-0.2, 0) is 0 Å². The summed E-state index contributed by atoms with van der Waals surface area (Å²) < 4.78 is 0. The van der Waals surface area contributed by atoms with Gasteiger partial charge >= 0.3 is 0 Å². The van der Waals surface area contributed by atoms with Crippen molar-refractivity contribution >= 4 is 27.8 Å². The van der Waals surface area contributed by atoms with Gasteiger partial charge in [-0.05, 0) is 5.30 Å². The van der Waals surface area contributed by atoms with Crippen molar-refractivity contribution in [1.29, 1.82) is 0 Å². The normalized spacial score (nSPS) is 13.3. The van der Waals surface area contributed by atoms with Gasteiger partial charge in [0.1, 0.15) is 0 Å². The van der Waals surface area contributed by atoms with Gasteiger partial charge in [-0.1, -0.05) is 76.6 Å². The maximum atomic E-state index is 2.53. The zero-order valence-electron chi connectivity index (χ0n) is 10.8. The fourth-order valence-electron chi connectivity index (χ4n) is 2.36. The van der Waals surface area contributed by atoms with E-state index in [0.29, 0.717) is 0 Å². The van der Waals surface area contributed by atoms with E-state index in [1.54, 1.807) is 5.30 Å². The highest BCUT2D eigenvalue weighted by Gasteiger charge is 2.37. The van der Waals surface area contributed by atoms with Gasteiger partial charge < -0.3 is 0 Å². The Morgan fingerprint density at radius 1 is 0.733 bits per heavy atom. The second-order valence-electron chi connectivity index (χ2n) is 6.01. The van der Waals surface area contributed by atoms with E-state index in [0.717, 1.165) is 0 Å². The molecule has 0 N–H and O–H groups in total. The molecule has 0 heterocycles. The minimum absolute atomic E-state index is 0.140. The fraction of sp³-hybridized carbons (Fsp3) is 0.500. The van der Waals surface area contributed by atoms with E-state index in [4.69, 9.17) is 0 Å². The van der Waals surface area contributed by atoms with Gasteiger partial charge in [-0.15, -0.1) is 0 Å². The molecule has 15 heavy (non-hydrogen) atoms. The summed E-state index contributed by atoms with van der Waals surface area (Å²) in [5.41, 5.74) is 0. The number of hydrogen-bond acceptors (Lipinski definition) is 0. The average Bonchev–Trinajstić information content (AvgIpc) is 2.00. The maximum absolute atomic E-state index is 2.53. The summed E-state index contributed by atoms with van der Waals surface area (Å²) in [7, 11) is -1.93. The van der Waals surface area contributed by atoms with E-state index < -0.39 is 15.5 Å². The topological polar surface area (TPSA) is 0 Å². The van der Waals surface area contributed by atoms with Gasteiger partial charge in [-0.25, -0.2) is 0 Å². The van der Waals surface area contributed by atoms with Crippen molar-refractivity contribution in [3.8, 4) is 0 Å². The highest BCUT2D eigenvalue weighted by atomic mass is 31.6. The molecular weight excluding hydrogens is 231 g/mol. The third-order valence-electron chi connectivity index (χ3n) is 2.36. The molecule has 0 unspecified atom stereocenters. The highest BCUT2D eigenvalue weighted by molar-refractivity contribution is 8.22. The minimum Gasteiger partial charge on any atom is -0.0997 e. The summed E-state index contributed by atoms with van der Waals surface area (Å²) in [6.45, 7) is 15.2. The van der Waals surface area contributed by atoms with Crippen LogP contribution in [0, 0.1) is 0 Å². The Balaban J connectivity index is 3.15. The molecule has 0 radical (unpaired) electrons. The molecule has 1 aromatic carbocycles. The lowest BCUT2D eigenvalue weighted by molar-refractivity contribution is 1.76. The molecule has 1 aromatic rings. The van der Waals surface area contributed by atoms with Crippen LogP contribution in [0.15, 0.2) is 30.3 Å². The standard InChI is InChI=1S/C12H23PSi2/c1-14(2,3)13(15(4,5)6)12-10-8-7-9-11-12/h7-11H,1-6H3. The van der Waals surface area contributed by atoms with Crippen molar-refractivity contribution in [2.45, 2.75) is 39.3 Å². The lowest BCUT2D eigenvalue weighted by Gasteiger charge is -2.39. The Hall–Kier alpha value is 0.0838. The number of hydrogen-bond donors (Lipinski definition) is 0. The van der Waals surface area contributed by atoms with Crippen LogP contribution in [0.4, 0.5) is 0 Å². The monoisotopic (exact) mass is 254 g/mol. The van der Waals surface area contributed by atoms with Crippen LogP contribution < -0.4 is 5.30 Å². The van der Waals surface area contributed by atoms with Crippen molar-refractivity contribution in [2.24, 2.45) is 0 Å². The molecule has 0 nitrogen and oxygen atoms in total. The Bertz CT molecular complexity index is 295. The van der Waals surface area contributed by atoms with Crippen LogP contribution in [0.1, 0.15) is 0 Å². The second-order valence-corrected chi connectivity index (χ2v) is 28.0. The first-order valence-corrected chi connectivity index (χ1v) is 15.6. The molecule has 3 heteroatoms. The summed E-state index contributed by atoms with van der Waals surface area (Å²) in [5, 5.41) is 1.64. The van der Waals surface area contributed by atoms with Crippen LogP contribution in [-0.4, -0.2) is 15.5 Å². The van der Waals surface area contributed by atoms with Gasteiger partial charge in [0.25, 0.3) is 0 Å². The zero-order valence-corrected chi connectivity index (χ0v) is 13.7. The summed E-state index contributed by atoms with van der Waals surface area (Å²) >= 11 is 0. The quantitative estimate of drug-likeness (QED) is 0.552. The summed E-state index contributed by atoms with van der Waals surface area (Å²) in [4.78, 5) is 0. The second kappa shape index (κ2) is 4.52. The molecule has 0 saturated carbocycles. The Labute approximate surface area is 97.6 Å². The first kappa shape index (κ1) is 13.2. The SMILES string of the molecule is C[Si](C)(C)P(c1ccccc1)[Si](C)(C)C. The third kappa shape index (κ3) is 3.55. The van der Waals surface area contributed by atoms with E-state index in [1.807, 2.05) is 0 Å². The van der Waals surface area contributed by atoms with Gasteiger partial charge in [-0.3, -0.25) is 0 Å². The van der Waals surface area contributed by atoms with Gasteiger partial charge in [0.05, 0.1) is 15.5 Å². The largest absolute Gasteiger partial charge is 0.0997 e. The van der Waals surface area contributed by atoms with Gasteiger partial charge in [0.2, 0.25) is 0 Å². The average molecular weight is 254 g/mol. The van der Waals surface area contributed by atoms with Crippen molar-refractivity contribution < 1.29 is 0 Å². The van der Waals surface area contributed by atoms with E-state index in [9.17, 15) is 0 Å². The number of rotatable bonds is 3. The molecule has 0 amide bonds. The molecule has 84 valence electrons. The molecule has 0 fully saturated rings. The van der Waals surface area contributed by atoms with Crippen LogP contribution in [0.2, 0.25) is 39.3 Å². The van der Waals surface area contributed by atoms with Crippen molar-refractivity contribution in [3.05, 3.63) is 30.3 Å². The van der Waals surface area contributed by atoms with Crippen molar-refractivity contribution in [1.82, 2.24) is 0 Å². The summed E-state index contributed by atoms with van der Waals surface area (Å²) in [5.74, 6) is 0. The van der Waals surface area contributed by atoms with Crippen molar-refractivity contribution in [2.75, 3.05) is 0 Å². The smallest absolute Gasteiger partial charge is 0.0730 e. The predicted molar refractivity (Wildman–Crippen MR) is 79.7 cm³/mol. The first-order chi connectivity index (χ1) is 6.73. The van der Waals surface area contributed by atoms with Crippen LogP contribution >= 0.6 is 7.02 Å². The number of benzene rings is 1. The third-order valence-corrected chi connectivity index (χ3v) is 27.5. The van der Waals surface area contributed by atoms with Crippen LogP contribution in [0.5, 0.6) is 0 Å².